The Balaban J connectivity index is 1.92. The van der Waals surface area contributed by atoms with Crippen LogP contribution in [0.2, 0.25) is 0 Å². The normalized spacial score (nSPS) is 22.9. The molecule has 4 heteroatoms. The maximum absolute atomic E-state index is 11.5. The van der Waals surface area contributed by atoms with Crippen molar-refractivity contribution in [2.45, 2.75) is 39.3 Å². The van der Waals surface area contributed by atoms with Crippen LogP contribution in [0, 0.1) is 5.92 Å². The third-order valence-corrected chi connectivity index (χ3v) is 4.99. The number of nitrogens with zero attached hydrogens (tertiary/aromatic N) is 1. The Hall–Kier alpha value is -0.870. The van der Waals surface area contributed by atoms with Gasteiger partial charge < -0.3 is 10.2 Å². The molecule has 1 aliphatic heterocycles. The first-order chi connectivity index (χ1) is 9.61. The molecule has 1 aliphatic rings. The molecule has 1 amide bonds. The minimum atomic E-state index is 0.202. The summed E-state index contributed by atoms with van der Waals surface area (Å²) in [6.07, 6.45) is 2.15. The molecule has 1 aromatic carbocycles. The van der Waals surface area contributed by atoms with Crippen LogP contribution in [0.25, 0.3) is 0 Å². The van der Waals surface area contributed by atoms with Crippen molar-refractivity contribution in [3.8, 4) is 0 Å². The molecule has 0 spiro atoms. The van der Waals surface area contributed by atoms with Gasteiger partial charge in [0.25, 0.3) is 0 Å². The molecular formula is C16H23BrN2O. The molecule has 1 N–H and O–H groups in total. The Kier molecular flexibility index (Phi) is 5.61. The molecule has 110 valence electrons. The van der Waals surface area contributed by atoms with Crippen molar-refractivity contribution < 1.29 is 4.79 Å². The molecule has 20 heavy (non-hydrogen) atoms. The first kappa shape index (κ1) is 15.5. The van der Waals surface area contributed by atoms with Crippen LogP contribution < -0.4 is 5.32 Å². The third kappa shape index (κ3) is 3.83. The van der Waals surface area contributed by atoms with E-state index in [0.29, 0.717) is 12.0 Å². The van der Waals surface area contributed by atoms with E-state index in [-0.39, 0.29) is 5.91 Å². The van der Waals surface area contributed by atoms with Crippen molar-refractivity contribution in [3.63, 3.8) is 0 Å². The van der Waals surface area contributed by atoms with E-state index in [4.69, 9.17) is 0 Å². The Morgan fingerprint density at radius 2 is 2.20 bits per heavy atom. The number of piperidine rings is 1. The lowest BCUT2D eigenvalue weighted by atomic mass is 9.89. The second kappa shape index (κ2) is 7.23. The molecule has 0 unspecified atom stereocenters. The molecule has 0 radical (unpaired) electrons. The Morgan fingerprint density at radius 3 is 2.85 bits per heavy atom. The fourth-order valence-electron chi connectivity index (χ4n) is 2.88. The fraction of sp³-hybridized carbons (Fsp3) is 0.562. The van der Waals surface area contributed by atoms with Crippen molar-refractivity contribution in [2.24, 2.45) is 5.92 Å². The first-order valence-electron chi connectivity index (χ1n) is 7.34. The molecule has 1 aromatic rings. The average Bonchev–Trinajstić information content (AvgIpc) is 2.46. The number of amides is 1. The number of benzene rings is 1. The van der Waals surface area contributed by atoms with Gasteiger partial charge in [0, 0.05) is 37.1 Å². The minimum absolute atomic E-state index is 0.202. The molecule has 2 rings (SSSR count). The van der Waals surface area contributed by atoms with E-state index >= 15 is 0 Å². The lowest BCUT2D eigenvalue weighted by molar-refractivity contribution is -0.131. The highest BCUT2D eigenvalue weighted by molar-refractivity contribution is 9.10. The highest BCUT2D eigenvalue weighted by Gasteiger charge is 2.28. The molecule has 3 nitrogen and oxygen atoms in total. The van der Waals surface area contributed by atoms with E-state index in [1.165, 1.54) is 5.56 Å². The fourth-order valence-corrected chi connectivity index (χ4v) is 3.31. The zero-order valence-electron chi connectivity index (χ0n) is 12.2. The van der Waals surface area contributed by atoms with Gasteiger partial charge in [-0.15, -0.1) is 0 Å². The van der Waals surface area contributed by atoms with E-state index in [2.05, 4.69) is 46.4 Å². The molecular weight excluding hydrogens is 316 g/mol. The number of halogens is 1. The minimum Gasteiger partial charge on any atom is -0.343 e. The molecule has 0 bridgehead atoms. The zero-order valence-corrected chi connectivity index (χ0v) is 13.8. The summed E-state index contributed by atoms with van der Waals surface area (Å²) in [6, 6.07) is 8.82. The van der Waals surface area contributed by atoms with Crippen molar-refractivity contribution in [1.29, 1.82) is 0 Å². The van der Waals surface area contributed by atoms with E-state index < -0.39 is 0 Å². The van der Waals surface area contributed by atoms with Crippen LogP contribution in [0.5, 0.6) is 0 Å². The predicted molar refractivity (Wildman–Crippen MR) is 85.4 cm³/mol. The van der Waals surface area contributed by atoms with Crippen molar-refractivity contribution in [2.75, 3.05) is 13.1 Å². The topological polar surface area (TPSA) is 32.3 Å². The molecule has 1 saturated heterocycles. The van der Waals surface area contributed by atoms with Gasteiger partial charge in [-0.3, -0.25) is 4.79 Å². The highest BCUT2D eigenvalue weighted by atomic mass is 79.9. The van der Waals surface area contributed by atoms with E-state index in [9.17, 15) is 4.79 Å². The van der Waals surface area contributed by atoms with E-state index in [1.807, 2.05) is 11.0 Å². The summed E-state index contributed by atoms with van der Waals surface area (Å²) in [4.78, 5) is 13.5. The van der Waals surface area contributed by atoms with Crippen LogP contribution in [0.4, 0.5) is 0 Å². The van der Waals surface area contributed by atoms with Crippen molar-refractivity contribution in [3.05, 3.63) is 34.3 Å². The number of likely N-dealkylation sites (tertiary alicyclic amines) is 1. The lowest BCUT2D eigenvalue weighted by Crippen LogP contribution is -2.50. The van der Waals surface area contributed by atoms with Crippen LogP contribution in [0.15, 0.2) is 28.7 Å². The van der Waals surface area contributed by atoms with Crippen LogP contribution in [-0.4, -0.2) is 29.9 Å². The molecule has 2 atom stereocenters. The summed E-state index contributed by atoms with van der Waals surface area (Å²) in [7, 11) is 0. The van der Waals surface area contributed by atoms with Gasteiger partial charge in [-0.05, 0) is 24.0 Å². The summed E-state index contributed by atoms with van der Waals surface area (Å²) < 4.78 is 1.15. The van der Waals surface area contributed by atoms with Crippen molar-refractivity contribution in [1.82, 2.24) is 10.2 Å². The monoisotopic (exact) mass is 338 g/mol. The molecule has 1 fully saturated rings. The van der Waals surface area contributed by atoms with E-state index in [0.717, 1.165) is 36.9 Å². The summed E-state index contributed by atoms with van der Waals surface area (Å²) in [5, 5.41) is 3.67. The first-order valence-corrected chi connectivity index (χ1v) is 8.13. The number of carbonyl (C=O) groups is 1. The van der Waals surface area contributed by atoms with Crippen LogP contribution in [-0.2, 0) is 11.3 Å². The quantitative estimate of drug-likeness (QED) is 0.914. The van der Waals surface area contributed by atoms with Crippen molar-refractivity contribution >= 4 is 21.8 Å². The number of hydrogen-bond donors (Lipinski definition) is 1. The number of carbonyl (C=O) groups excluding carboxylic acids is 1. The van der Waals surface area contributed by atoms with E-state index in [1.54, 1.807) is 6.92 Å². The van der Waals surface area contributed by atoms with Gasteiger partial charge in [-0.2, -0.15) is 0 Å². The van der Waals surface area contributed by atoms with Gasteiger partial charge >= 0.3 is 0 Å². The van der Waals surface area contributed by atoms with Crippen LogP contribution in [0.3, 0.4) is 0 Å². The SMILES string of the molecule is CC[C@H]1CN(C(C)=O)CC[C@@H]1NCc1ccccc1Br. The number of hydrogen-bond acceptors (Lipinski definition) is 2. The van der Waals surface area contributed by atoms with Crippen LogP contribution in [0.1, 0.15) is 32.3 Å². The predicted octanol–water partition coefficient (Wildman–Crippen LogP) is 3.19. The van der Waals surface area contributed by atoms with Gasteiger partial charge in [-0.25, -0.2) is 0 Å². The summed E-state index contributed by atoms with van der Waals surface area (Å²) in [5.74, 6) is 0.753. The van der Waals surface area contributed by atoms with Gasteiger partial charge in [0.1, 0.15) is 0 Å². The second-order valence-electron chi connectivity index (χ2n) is 5.50. The maximum atomic E-state index is 11.5. The third-order valence-electron chi connectivity index (χ3n) is 4.22. The lowest BCUT2D eigenvalue weighted by Gasteiger charge is -2.38. The van der Waals surface area contributed by atoms with Crippen LogP contribution >= 0.6 is 15.9 Å². The standard InChI is InChI=1S/C16H23BrN2O/c1-3-13-11-19(12(2)20)9-8-16(13)18-10-14-6-4-5-7-15(14)17/h4-7,13,16,18H,3,8-11H2,1-2H3/t13-,16-/m0/s1. The van der Waals surface area contributed by atoms with Gasteiger partial charge in [0.2, 0.25) is 5.91 Å². The molecule has 0 aromatic heterocycles. The Morgan fingerprint density at radius 1 is 1.45 bits per heavy atom. The molecule has 0 aliphatic carbocycles. The van der Waals surface area contributed by atoms with Gasteiger partial charge in [0.15, 0.2) is 0 Å². The molecule has 1 heterocycles. The largest absolute Gasteiger partial charge is 0.343 e. The Bertz CT molecular complexity index is 464. The number of rotatable bonds is 4. The highest BCUT2D eigenvalue weighted by Crippen LogP contribution is 2.22. The average molecular weight is 339 g/mol. The second-order valence-corrected chi connectivity index (χ2v) is 6.36. The maximum Gasteiger partial charge on any atom is 0.219 e. The summed E-state index contributed by atoms with van der Waals surface area (Å²) in [6.45, 7) is 6.52. The van der Waals surface area contributed by atoms with Gasteiger partial charge in [-0.1, -0.05) is 47.5 Å². The summed E-state index contributed by atoms with van der Waals surface area (Å²) >= 11 is 3.59. The summed E-state index contributed by atoms with van der Waals surface area (Å²) in [5.41, 5.74) is 1.29. The number of nitrogens with one attached hydrogen (secondary N) is 1. The zero-order chi connectivity index (χ0) is 14.5. The molecule has 0 saturated carbocycles. The Labute approximate surface area is 129 Å². The van der Waals surface area contributed by atoms with Gasteiger partial charge in [0.05, 0.1) is 0 Å². The smallest absolute Gasteiger partial charge is 0.219 e.